The second kappa shape index (κ2) is 9.41. The molecule has 6 heteroatoms. The summed E-state index contributed by atoms with van der Waals surface area (Å²) in [5, 5.41) is 0. The number of carbonyl (C=O) groups is 2. The monoisotopic (exact) mass is 179 g/mol. The first-order chi connectivity index (χ1) is 5.58. The molecule has 0 atom stereocenters. The van der Waals surface area contributed by atoms with Gasteiger partial charge < -0.3 is 10.5 Å². The summed E-state index contributed by atoms with van der Waals surface area (Å²) in [5.41, 5.74) is 4.54. The molecule has 0 aromatic rings. The molecule has 0 bridgehead atoms. The number of halogens is 1. The predicted octanol–water partition coefficient (Wildman–Crippen LogP) is 0.702. The van der Waals surface area contributed by atoms with Gasteiger partial charge in [0, 0.05) is 10.6 Å². The molecule has 0 aromatic heterocycles. The van der Waals surface area contributed by atoms with Crippen molar-refractivity contribution in [2.24, 2.45) is 5.73 Å². The van der Waals surface area contributed by atoms with Crippen molar-refractivity contribution < 1.29 is 23.8 Å². The summed E-state index contributed by atoms with van der Waals surface area (Å²) >= 11 is 0. The Balaban J connectivity index is 0. The normalized spacial score (nSPS) is 7.17. The SMILES string of the molecule is C=CC(=O)OF.CCOC(N)=O. The first kappa shape index (κ1) is 13.0. The molecule has 0 rings (SSSR count). The van der Waals surface area contributed by atoms with E-state index in [4.69, 9.17) is 0 Å². The van der Waals surface area contributed by atoms with E-state index < -0.39 is 12.1 Å². The van der Waals surface area contributed by atoms with E-state index in [0.717, 1.165) is 6.08 Å². The minimum atomic E-state index is -1.06. The van der Waals surface area contributed by atoms with E-state index in [0.29, 0.717) is 6.61 Å². The van der Waals surface area contributed by atoms with Crippen LogP contribution in [0.1, 0.15) is 6.92 Å². The van der Waals surface area contributed by atoms with Crippen LogP contribution in [0.2, 0.25) is 0 Å². The van der Waals surface area contributed by atoms with Crippen molar-refractivity contribution in [3.05, 3.63) is 12.7 Å². The fraction of sp³-hybridized carbons (Fsp3) is 0.333. The third kappa shape index (κ3) is 15.8. The maximum Gasteiger partial charge on any atom is 0.404 e. The highest BCUT2D eigenvalue weighted by Gasteiger charge is 1.87. The van der Waals surface area contributed by atoms with Gasteiger partial charge in [-0.3, -0.25) is 4.94 Å². The third-order valence-electron chi connectivity index (χ3n) is 0.529. The smallest absolute Gasteiger partial charge is 0.404 e. The van der Waals surface area contributed by atoms with Gasteiger partial charge in [0.1, 0.15) is 0 Å². The molecule has 5 nitrogen and oxygen atoms in total. The summed E-state index contributed by atoms with van der Waals surface area (Å²) in [6.07, 6.45) is 0.0255. The van der Waals surface area contributed by atoms with Crippen LogP contribution in [0.4, 0.5) is 9.32 Å². The maximum atomic E-state index is 10.5. The van der Waals surface area contributed by atoms with Gasteiger partial charge in [-0.2, -0.15) is 0 Å². The number of hydrogen-bond acceptors (Lipinski definition) is 4. The van der Waals surface area contributed by atoms with E-state index in [1.165, 1.54) is 0 Å². The van der Waals surface area contributed by atoms with Gasteiger partial charge in [-0.25, -0.2) is 9.59 Å². The summed E-state index contributed by atoms with van der Waals surface area (Å²) in [7, 11) is 0. The molecule has 0 radical (unpaired) electrons. The molecule has 0 spiro atoms. The number of carbonyl (C=O) groups excluding carboxylic acids is 2. The zero-order valence-electron chi connectivity index (χ0n) is 6.58. The van der Waals surface area contributed by atoms with Crippen molar-refractivity contribution >= 4 is 12.1 Å². The Morgan fingerprint density at radius 2 is 2.17 bits per heavy atom. The van der Waals surface area contributed by atoms with Crippen LogP contribution in [0, 0.1) is 0 Å². The molecular weight excluding hydrogens is 169 g/mol. The molecule has 1 amide bonds. The van der Waals surface area contributed by atoms with Gasteiger partial charge in [0.2, 0.25) is 0 Å². The Morgan fingerprint density at radius 1 is 1.67 bits per heavy atom. The number of rotatable bonds is 2. The Morgan fingerprint density at radius 3 is 2.17 bits per heavy atom. The number of primary amides is 1. The maximum absolute atomic E-state index is 10.5. The first-order valence-corrected chi connectivity index (χ1v) is 2.95. The van der Waals surface area contributed by atoms with Gasteiger partial charge in [-0.05, 0) is 6.92 Å². The first-order valence-electron chi connectivity index (χ1n) is 2.95. The summed E-state index contributed by atoms with van der Waals surface area (Å²) in [5.74, 6) is -1.06. The average molecular weight is 179 g/mol. The molecule has 0 aliphatic rings. The van der Waals surface area contributed by atoms with E-state index in [-0.39, 0.29) is 0 Å². The number of ether oxygens (including phenoxy) is 1. The molecule has 2 N–H and O–H groups in total. The minimum Gasteiger partial charge on any atom is -0.450 e. The highest BCUT2D eigenvalue weighted by molar-refractivity contribution is 5.80. The van der Waals surface area contributed by atoms with Crippen molar-refractivity contribution in [3.63, 3.8) is 0 Å². The molecule has 0 aliphatic carbocycles. The molecule has 0 saturated carbocycles. The highest BCUT2D eigenvalue weighted by Crippen LogP contribution is 1.74. The Labute approximate surface area is 68.8 Å². The topological polar surface area (TPSA) is 78.6 Å². The largest absolute Gasteiger partial charge is 0.450 e. The summed E-state index contributed by atoms with van der Waals surface area (Å²) in [6.45, 7) is 4.97. The van der Waals surface area contributed by atoms with Crippen molar-refractivity contribution in [1.29, 1.82) is 0 Å². The van der Waals surface area contributed by atoms with Gasteiger partial charge >= 0.3 is 12.1 Å². The van der Waals surface area contributed by atoms with Crippen LogP contribution >= 0.6 is 0 Å². The number of nitrogens with two attached hydrogens (primary N) is 1. The predicted molar refractivity (Wildman–Crippen MR) is 38.6 cm³/mol. The lowest BCUT2D eigenvalue weighted by atomic mass is 10.7. The van der Waals surface area contributed by atoms with Crippen LogP contribution in [-0.2, 0) is 14.5 Å². The highest BCUT2D eigenvalue weighted by atomic mass is 19.3. The van der Waals surface area contributed by atoms with Crippen LogP contribution in [0.25, 0.3) is 0 Å². The standard InChI is InChI=1S/C3H3FO2.C3H7NO2/c1-2-3(5)6-4;1-2-6-3(4)5/h2H,1H2;2H2,1H3,(H2,4,5). The second-order valence-electron chi connectivity index (χ2n) is 1.35. The van der Waals surface area contributed by atoms with Crippen LogP contribution < -0.4 is 5.73 Å². The molecule has 0 unspecified atom stereocenters. The van der Waals surface area contributed by atoms with Gasteiger partial charge in [0.25, 0.3) is 0 Å². The van der Waals surface area contributed by atoms with E-state index in [9.17, 15) is 14.1 Å². The third-order valence-corrected chi connectivity index (χ3v) is 0.529. The van der Waals surface area contributed by atoms with Crippen LogP contribution in [-0.4, -0.2) is 18.7 Å². The average Bonchev–Trinajstić information content (AvgIpc) is 2.04. The lowest BCUT2D eigenvalue weighted by Crippen LogP contribution is -2.11. The summed E-state index contributed by atoms with van der Waals surface area (Å²) in [4.78, 5) is 21.7. The van der Waals surface area contributed by atoms with E-state index in [2.05, 4.69) is 22.0 Å². The Bertz CT molecular complexity index is 160. The number of amides is 1. The van der Waals surface area contributed by atoms with Crippen molar-refractivity contribution in [3.8, 4) is 0 Å². The quantitative estimate of drug-likeness (QED) is 0.633. The lowest BCUT2D eigenvalue weighted by Gasteiger charge is -1.89. The van der Waals surface area contributed by atoms with Gasteiger partial charge in [0.05, 0.1) is 6.61 Å². The van der Waals surface area contributed by atoms with Crippen molar-refractivity contribution in [2.45, 2.75) is 6.92 Å². The van der Waals surface area contributed by atoms with Crippen LogP contribution in [0.5, 0.6) is 0 Å². The van der Waals surface area contributed by atoms with Crippen LogP contribution in [0.15, 0.2) is 12.7 Å². The van der Waals surface area contributed by atoms with Crippen LogP contribution in [0.3, 0.4) is 0 Å². The minimum absolute atomic E-state index is 0.356. The fourth-order valence-corrected chi connectivity index (χ4v) is 0.174. The van der Waals surface area contributed by atoms with Gasteiger partial charge in [-0.1, -0.05) is 6.58 Å². The van der Waals surface area contributed by atoms with E-state index in [1.807, 2.05) is 0 Å². The Kier molecular flexibility index (Phi) is 10.2. The molecule has 0 saturated heterocycles. The molecule has 0 heterocycles. The zero-order chi connectivity index (χ0) is 9.98. The molecule has 0 aliphatic heterocycles. The molecule has 12 heavy (non-hydrogen) atoms. The molecule has 0 fully saturated rings. The van der Waals surface area contributed by atoms with E-state index in [1.54, 1.807) is 6.92 Å². The molecule has 70 valence electrons. The Hall–Kier alpha value is -1.59. The second-order valence-corrected chi connectivity index (χ2v) is 1.35. The molecular formula is C6H10FNO4. The van der Waals surface area contributed by atoms with Crippen molar-refractivity contribution in [2.75, 3.05) is 6.61 Å². The summed E-state index contributed by atoms with van der Waals surface area (Å²) < 4.78 is 14.6. The fourth-order valence-electron chi connectivity index (χ4n) is 0.174. The van der Waals surface area contributed by atoms with Gasteiger partial charge in [-0.15, -0.1) is 0 Å². The van der Waals surface area contributed by atoms with Gasteiger partial charge in [0.15, 0.2) is 0 Å². The van der Waals surface area contributed by atoms with Crippen molar-refractivity contribution in [1.82, 2.24) is 0 Å². The molecule has 0 aromatic carbocycles. The zero-order valence-corrected chi connectivity index (χ0v) is 6.58. The van der Waals surface area contributed by atoms with E-state index >= 15 is 0 Å². The summed E-state index contributed by atoms with van der Waals surface area (Å²) in [6, 6.07) is 0. The number of hydrogen-bond donors (Lipinski definition) is 1. The lowest BCUT2D eigenvalue weighted by molar-refractivity contribution is -0.176.